The van der Waals surface area contributed by atoms with Crippen LogP contribution in [-0.4, -0.2) is 12.4 Å². The first kappa shape index (κ1) is 12.2. The number of hydrogen-bond acceptors (Lipinski definition) is 3. The van der Waals surface area contributed by atoms with Gasteiger partial charge in [-0.25, -0.2) is 0 Å². The Hall–Kier alpha value is -2.29. The number of furan rings is 1. The molecule has 18 heavy (non-hydrogen) atoms. The Balaban J connectivity index is 2.16. The molecule has 0 bridgehead atoms. The van der Waals surface area contributed by atoms with Crippen LogP contribution in [0.3, 0.4) is 0 Å². The van der Waals surface area contributed by atoms with Gasteiger partial charge in [-0.2, -0.15) is 0 Å². The molecule has 0 unspecified atom stereocenters. The number of carbonyl (C=O) groups excluding carboxylic acids is 1. The van der Waals surface area contributed by atoms with Crippen LogP contribution in [0.2, 0.25) is 0 Å². The summed E-state index contributed by atoms with van der Waals surface area (Å²) in [4.78, 5) is 11.7. The molecule has 1 aromatic carbocycles. The van der Waals surface area contributed by atoms with Gasteiger partial charge >= 0.3 is 0 Å². The third kappa shape index (κ3) is 2.88. The maximum atomic E-state index is 11.7. The zero-order valence-electron chi connectivity index (χ0n) is 10.1. The van der Waals surface area contributed by atoms with Gasteiger partial charge in [0.2, 0.25) is 5.78 Å². The van der Waals surface area contributed by atoms with Gasteiger partial charge in [0, 0.05) is 5.56 Å². The standard InChI is InChI=1S/C15H14O3/c1-2-17-14-7-4-3-6-12(14)9-10-13(16)15-8-5-11-18-15/h3-11H,2H2,1H3/b10-9+. The van der Waals surface area contributed by atoms with Gasteiger partial charge in [0.25, 0.3) is 0 Å². The van der Waals surface area contributed by atoms with Gasteiger partial charge in [0.1, 0.15) is 5.75 Å². The molecule has 0 fully saturated rings. The van der Waals surface area contributed by atoms with E-state index >= 15 is 0 Å². The second kappa shape index (κ2) is 5.87. The summed E-state index contributed by atoms with van der Waals surface area (Å²) >= 11 is 0. The van der Waals surface area contributed by atoms with Crippen molar-refractivity contribution in [1.82, 2.24) is 0 Å². The minimum Gasteiger partial charge on any atom is -0.493 e. The van der Waals surface area contributed by atoms with Crippen molar-refractivity contribution in [2.45, 2.75) is 6.92 Å². The second-order valence-corrected chi connectivity index (χ2v) is 3.65. The quantitative estimate of drug-likeness (QED) is 0.594. The van der Waals surface area contributed by atoms with Gasteiger partial charge in [0.15, 0.2) is 5.76 Å². The predicted octanol–water partition coefficient (Wildman–Crippen LogP) is 3.57. The predicted molar refractivity (Wildman–Crippen MR) is 69.7 cm³/mol. The first-order valence-corrected chi connectivity index (χ1v) is 5.79. The number of rotatable bonds is 5. The highest BCUT2D eigenvalue weighted by Crippen LogP contribution is 2.19. The van der Waals surface area contributed by atoms with Gasteiger partial charge in [-0.1, -0.05) is 18.2 Å². The highest BCUT2D eigenvalue weighted by atomic mass is 16.5. The topological polar surface area (TPSA) is 39.4 Å². The minimum absolute atomic E-state index is 0.161. The molecule has 2 rings (SSSR count). The average Bonchev–Trinajstić information content (AvgIpc) is 2.92. The van der Waals surface area contributed by atoms with Crippen LogP contribution in [-0.2, 0) is 0 Å². The van der Waals surface area contributed by atoms with Crippen molar-refractivity contribution in [3.05, 3.63) is 60.1 Å². The molecular formula is C15H14O3. The summed E-state index contributed by atoms with van der Waals surface area (Å²) in [6, 6.07) is 10.9. The molecular weight excluding hydrogens is 228 g/mol. The number of ketones is 1. The first-order chi connectivity index (χ1) is 8.81. The Bertz CT molecular complexity index is 539. The number of para-hydroxylation sites is 1. The highest BCUT2D eigenvalue weighted by Gasteiger charge is 2.04. The Kier molecular flexibility index (Phi) is 3.97. The van der Waals surface area contributed by atoms with E-state index in [-0.39, 0.29) is 5.78 Å². The van der Waals surface area contributed by atoms with Crippen molar-refractivity contribution >= 4 is 11.9 Å². The van der Waals surface area contributed by atoms with Crippen LogP contribution in [0.1, 0.15) is 23.0 Å². The molecule has 1 aromatic heterocycles. The van der Waals surface area contributed by atoms with Crippen molar-refractivity contribution in [3.8, 4) is 5.75 Å². The summed E-state index contributed by atoms with van der Waals surface area (Å²) in [7, 11) is 0. The lowest BCUT2D eigenvalue weighted by Crippen LogP contribution is -1.94. The minimum atomic E-state index is -0.161. The van der Waals surface area contributed by atoms with E-state index in [0.29, 0.717) is 12.4 Å². The number of carbonyl (C=O) groups is 1. The molecule has 1 heterocycles. The highest BCUT2D eigenvalue weighted by molar-refractivity contribution is 6.04. The van der Waals surface area contributed by atoms with Crippen LogP contribution in [0, 0.1) is 0 Å². The summed E-state index contributed by atoms with van der Waals surface area (Å²) in [5.74, 6) is 0.940. The number of ether oxygens (including phenoxy) is 1. The largest absolute Gasteiger partial charge is 0.493 e. The molecule has 0 N–H and O–H groups in total. The fourth-order valence-electron chi connectivity index (χ4n) is 1.57. The van der Waals surface area contributed by atoms with Crippen molar-refractivity contribution in [3.63, 3.8) is 0 Å². The number of hydrogen-bond donors (Lipinski definition) is 0. The average molecular weight is 242 g/mol. The molecule has 0 spiro atoms. The Morgan fingerprint density at radius 3 is 2.83 bits per heavy atom. The third-order valence-electron chi connectivity index (χ3n) is 2.40. The van der Waals surface area contributed by atoms with Crippen LogP contribution >= 0.6 is 0 Å². The molecule has 0 saturated heterocycles. The van der Waals surface area contributed by atoms with E-state index in [4.69, 9.17) is 9.15 Å². The van der Waals surface area contributed by atoms with E-state index in [2.05, 4.69) is 0 Å². The first-order valence-electron chi connectivity index (χ1n) is 5.79. The summed E-state index contributed by atoms with van der Waals surface area (Å²) < 4.78 is 10.5. The van der Waals surface area contributed by atoms with Crippen molar-refractivity contribution in [2.24, 2.45) is 0 Å². The van der Waals surface area contributed by atoms with Gasteiger partial charge in [0.05, 0.1) is 12.9 Å². The number of benzene rings is 1. The molecule has 0 aliphatic rings. The lowest BCUT2D eigenvalue weighted by molar-refractivity contribution is 0.102. The van der Waals surface area contributed by atoms with Crippen LogP contribution < -0.4 is 4.74 Å². The smallest absolute Gasteiger partial charge is 0.221 e. The summed E-state index contributed by atoms with van der Waals surface area (Å²) in [6.45, 7) is 2.52. The molecule has 3 nitrogen and oxygen atoms in total. The molecule has 2 aromatic rings. The molecule has 0 radical (unpaired) electrons. The summed E-state index contributed by atoms with van der Waals surface area (Å²) in [6.07, 6.45) is 4.70. The zero-order valence-corrected chi connectivity index (χ0v) is 10.1. The summed E-state index contributed by atoms with van der Waals surface area (Å²) in [5, 5.41) is 0. The monoisotopic (exact) mass is 242 g/mol. The van der Waals surface area contributed by atoms with Crippen LogP contribution in [0.25, 0.3) is 6.08 Å². The van der Waals surface area contributed by atoms with Crippen molar-refractivity contribution < 1.29 is 13.9 Å². The van der Waals surface area contributed by atoms with Gasteiger partial charge in [-0.3, -0.25) is 4.79 Å². The lowest BCUT2D eigenvalue weighted by atomic mass is 10.1. The Morgan fingerprint density at radius 2 is 2.11 bits per heavy atom. The van der Waals surface area contributed by atoms with Crippen LogP contribution in [0.4, 0.5) is 0 Å². The van der Waals surface area contributed by atoms with E-state index in [1.165, 1.54) is 12.3 Å². The number of allylic oxidation sites excluding steroid dienone is 1. The van der Waals surface area contributed by atoms with Crippen LogP contribution in [0.5, 0.6) is 5.75 Å². The van der Waals surface area contributed by atoms with E-state index in [0.717, 1.165) is 11.3 Å². The van der Waals surface area contributed by atoms with E-state index < -0.39 is 0 Å². The molecule has 0 saturated carbocycles. The molecule has 0 aliphatic carbocycles. The Labute approximate surface area is 106 Å². The SMILES string of the molecule is CCOc1ccccc1/C=C/C(=O)c1ccco1. The summed E-state index contributed by atoms with van der Waals surface area (Å²) in [5.41, 5.74) is 0.874. The zero-order chi connectivity index (χ0) is 12.8. The molecule has 0 atom stereocenters. The fourth-order valence-corrected chi connectivity index (χ4v) is 1.57. The van der Waals surface area contributed by atoms with Gasteiger partial charge < -0.3 is 9.15 Å². The van der Waals surface area contributed by atoms with Gasteiger partial charge in [-0.15, -0.1) is 0 Å². The van der Waals surface area contributed by atoms with E-state index in [1.807, 2.05) is 31.2 Å². The normalized spacial score (nSPS) is 10.7. The van der Waals surface area contributed by atoms with Gasteiger partial charge in [-0.05, 0) is 37.3 Å². The lowest BCUT2D eigenvalue weighted by Gasteiger charge is -2.05. The molecule has 0 amide bonds. The van der Waals surface area contributed by atoms with E-state index in [1.54, 1.807) is 18.2 Å². The maximum Gasteiger partial charge on any atom is 0.221 e. The Morgan fingerprint density at radius 1 is 1.28 bits per heavy atom. The maximum absolute atomic E-state index is 11.7. The fraction of sp³-hybridized carbons (Fsp3) is 0.133. The van der Waals surface area contributed by atoms with E-state index in [9.17, 15) is 4.79 Å². The van der Waals surface area contributed by atoms with Crippen molar-refractivity contribution in [2.75, 3.05) is 6.61 Å². The second-order valence-electron chi connectivity index (χ2n) is 3.65. The van der Waals surface area contributed by atoms with Crippen molar-refractivity contribution in [1.29, 1.82) is 0 Å². The third-order valence-corrected chi connectivity index (χ3v) is 2.40. The molecule has 92 valence electrons. The molecule has 0 aliphatic heterocycles. The molecule has 3 heteroatoms. The van der Waals surface area contributed by atoms with Crippen LogP contribution in [0.15, 0.2) is 53.2 Å².